The molecule has 21 heavy (non-hydrogen) atoms. The summed E-state index contributed by atoms with van der Waals surface area (Å²) in [6, 6.07) is 3.02. The predicted molar refractivity (Wildman–Crippen MR) is 71.7 cm³/mol. The number of sulfonamides is 1. The van der Waals surface area contributed by atoms with Crippen LogP contribution in [0.4, 0.5) is 5.69 Å². The zero-order valence-electron chi connectivity index (χ0n) is 10.5. The van der Waals surface area contributed by atoms with Gasteiger partial charge >= 0.3 is 5.97 Å². The molecule has 1 aromatic carbocycles. The van der Waals surface area contributed by atoms with E-state index >= 15 is 0 Å². The molecule has 0 amide bonds. The molecule has 0 aliphatic rings. The third-order valence-electron chi connectivity index (χ3n) is 2.18. The Kier molecular flexibility index (Phi) is 6.03. The summed E-state index contributed by atoms with van der Waals surface area (Å²) in [5.41, 5.74) is -0.415. The van der Waals surface area contributed by atoms with Gasteiger partial charge in [-0.25, -0.2) is 17.9 Å². The molecule has 0 atom stereocenters. The summed E-state index contributed by atoms with van der Waals surface area (Å²) in [7, 11) is -4.06. The minimum absolute atomic E-state index is 0.167. The maximum Gasteiger partial charge on any atom is 0.329 e. The van der Waals surface area contributed by atoms with Gasteiger partial charge in [0.2, 0.25) is 10.0 Å². The van der Waals surface area contributed by atoms with E-state index in [2.05, 4.69) is 9.46 Å². The second kappa shape index (κ2) is 7.31. The van der Waals surface area contributed by atoms with Crippen molar-refractivity contribution in [2.24, 2.45) is 0 Å². The first-order valence-corrected chi connectivity index (χ1v) is 7.33. The molecular weight excluding hydrogens is 328 g/mol. The van der Waals surface area contributed by atoms with E-state index in [-0.39, 0.29) is 18.2 Å². The lowest BCUT2D eigenvalue weighted by molar-refractivity contribution is -0.385. The van der Waals surface area contributed by atoms with E-state index in [1.807, 2.05) is 0 Å². The van der Waals surface area contributed by atoms with E-state index in [0.29, 0.717) is 0 Å². The molecule has 2 N–H and O–H groups in total. The number of nitrogens with zero attached hydrogens (tertiary/aromatic N) is 1. The third kappa shape index (κ3) is 5.27. The average molecular weight is 339 g/mol. The first-order valence-electron chi connectivity index (χ1n) is 5.47. The van der Waals surface area contributed by atoms with Gasteiger partial charge in [-0.3, -0.25) is 10.1 Å². The SMILES string of the molecule is O=C(O)COCCNS(=O)(=O)c1cc([N+](=O)[O-])ccc1Cl. The van der Waals surface area contributed by atoms with Gasteiger partial charge in [0.15, 0.2) is 0 Å². The van der Waals surface area contributed by atoms with E-state index in [9.17, 15) is 23.3 Å². The summed E-state index contributed by atoms with van der Waals surface area (Å²) in [4.78, 5) is 19.6. The van der Waals surface area contributed by atoms with E-state index in [4.69, 9.17) is 16.7 Å². The Bertz CT molecular complexity index is 647. The molecule has 0 aliphatic heterocycles. The van der Waals surface area contributed by atoms with Crippen LogP contribution >= 0.6 is 11.6 Å². The van der Waals surface area contributed by atoms with Crippen molar-refractivity contribution in [3.05, 3.63) is 33.3 Å². The number of rotatable bonds is 8. The van der Waals surface area contributed by atoms with Gasteiger partial charge in [0, 0.05) is 18.7 Å². The summed E-state index contributed by atoms with van der Waals surface area (Å²) in [5, 5.41) is 18.8. The van der Waals surface area contributed by atoms with Crippen LogP contribution in [-0.2, 0) is 19.6 Å². The van der Waals surface area contributed by atoms with Crippen molar-refractivity contribution in [1.29, 1.82) is 0 Å². The number of hydrogen-bond acceptors (Lipinski definition) is 6. The number of ether oxygens (including phenoxy) is 1. The van der Waals surface area contributed by atoms with Gasteiger partial charge in [0.05, 0.1) is 16.6 Å². The Morgan fingerprint density at radius 1 is 1.48 bits per heavy atom. The molecule has 0 bridgehead atoms. The van der Waals surface area contributed by atoms with E-state index < -0.39 is 38.1 Å². The Morgan fingerprint density at radius 3 is 2.71 bits per heavy atom. The molecule has 0 fully saturated rings. The number of nitro groups is 1. The zero-order chi connectivity index (χ0) is 16.0. The van der Waals surface area contributed by atoms with Crippen LogP contribution in [0.15, 0.2) is 23.1 Å². The second-order valence-electron chi connectivity index (χ2n) is 3.72. The summed E-state index contributed by atoms with van der Waals surface area (Å²) in [5.74, 6) is -1.18. The normalized spacial score (nSPS) is 11.3. The number of carboxylic acid groups (broad SMARTS) is 1. The van der Waals surface area contributed by atoms with Crippen LogP contribution in [0.3, 0.4) is 0 Å². The molecule has 0 spiro atoms. The van der Waals surface area contributed by atoms with Gasteiger partial charge in [-0.1, -0.05) is 11.6 Å². The van der Waals surface area contributed by atoms with Gasteiger partial charge in [-0.05, 0) is 6.07 Å². The molecule has 11 heteroatoms. The number of nitrogens with one attached hydrogen (secondary N) is 1. The van der Waals surface area contributed by atoms with Crippen LogP contribution in [0.2, 0.25) is 5.02 Å². The van der Waals surface area contributed by atoms with Crippen molar-refractivity contribution in [2.75, 3.05) is 19.8 Å². The minimum atomic E-state index is -4.06. The standard InChI is InChI=1S/C10H11ClN2O7S/c11-8-2-1-7(13(16)17)5-9(8)21(18,19)12-3-4-20-6-10(14)15/h1-2,5,12H,3-4,6H2,(H,14,15). The molecule has 9 nitrogen and oxygen atoms in total. The smallest absolute Gasteiger partial charge is 0.329 e. The van der Waals surface area contributed by atoms with Crippen LogP contribution in [-0.4, -0.2) is 44.2 Å². The van der Waals surface area contributed by atoms with Crippen LogP contribution in [0.5, 0.6) is 0 Å². The largest absolute Gasteiger partial charge is 0.480 e. The number of aliphatic carboxylic acids is 1. The lowest BCUT2D eigenvalue weighted by atomic mass is 10.3. The lowest BCUT2D eigenvalue weighted by Crippen LogP contribution is -2.28. The quantitative estimate of drug-likeness (QED) is 0.403. The summed E-state index contributed by atoms with van der Waals surface area (Å²) < 4.78 is 30.6. The third-order valence-corrected chi connectivity index (χ3v) is 4.12. The van der Waals surface area contributed by atoms with E-state index in [1.165, 1.54) is 0 Å². The van der Waals surface area contributed by atoms with Crippen LogP contribution in [0, 0.1) is 10.1 Å². The molecule has 0 aromatic heterocycles. The maximum atomic E-state index is 11.9. The van der Waals surface area contributed by atoms with Crippen molar-refractivity contribution in [3.8, 4) is 0 Å². The second-order valence-corrected chi connectivity index (χ2v) is 5.86. The predicted octanol–water partition coefficient (Wildman–Crippen LogP) is 0.628. The first-order chi connectivity index (χ1) is 9.74. The first kappa shape index (κ1) is 17.3. The van der Waals surface area contributed by atoms with Crippen molar-refractivity contribution >= 4 is 33.3 Å². The summed E-state index contributed by atoms with van der Waals surface area (Å²) in [6.07, 6.45) is 0. The highest BCUT2D eigenvalue weighted by Crippen LogP contribution is 2.25. The van der Waals surface area contributed by atoms with Crippen LogP contribution in [0.25, 0.3) is 0 Å². The molecule has 1 aromatic rings. The number of nitro benzene ring substituents is 1. The van der Waals surface area contributed by atoms with Crippen molar-refractivity contribution in [1.82, 2.24) is 4.72 Å². The summed E-state index contributed by atoms with van der Waals surface area (Å²) >= 11 is 5.72. The monoisotopic (exact) mass is 338 g/mol. The number of benzene rings is 1. The Hall–Kier alpha value is -1.75. The fraction of sp³-hybridized carbons (Fsp3) is 0.300. The fourth-order valence-corrected chi connectivity index (χ4v) is 2.83. The fourth-order valence-electron chi connectivity index (χ4n) is 1.30. The van der Waals surface area contributed by atoms with E-state index in [1.54, 1.807) is 0 Å². The van der Waals surface area contributed by atoms with Crippen LogP contribution in [0.1, 0.15) is 0 Å². The number of halogens is 1. The van der Waals surface area contributed by atoms with E-state index in [0.717, 1.165) is 18.2 Å². The minimum Gasteiger partial charge on any atom is -0.480 e. The zero-order valence-corrected chi connectivity index (χ0v) is 12.1. The van der Waals surface area contributed by atoms with Gasteiger partial charge in [0.1, 0.15) is 11.5 Å². The van der Waals surface area contributed by atoms with Gasteiger partial charge in [-0.2, -0.15) is 0 Å². The number of carbonyl (C=O) groups is 1. The molecule has 0 saturated heterocycles. The van der Waals surface area contributed by atoms with Gasteiger partial charge in [0.25, 0.3) is 5.69 Å². The van der Waals surface area contributed by atoms with Crippen molar-refractivity contribution < 1.29 is 28.0 Å². The topological polar surface area (TPSA) is 136 Å². The summed E-state index contributed by atoms with van der Waals surface area (Å²) in [6.45, 7) is -0.925. The van der Waals surface area contributed by atoms with Gasteiger partial charge < -0.3 is 9.84 Å². The van der Waals surface area contributed by atoms with Crippen molar-refractivity contribution in [3.63, 3.8) is 0 Å². The van der Waals surface area contributed by atoms with Gasteiger partial charge in [-0.15, -0.1) is 0 Å². The molecule has 1 rings (SSSR count). The highest BCUT2D eigenvalue weighted by atomic mass is 35.5. The highest BCUT2D eigenvalue weighted by Gasteiger charge is 2.21. The molecule has 116 valence electrons. The number of non-ortho nitro benzene ring substituents is 1. The molecule has 0 saturated carbocycles. The Morgan fingerprint density at radius 2 is 2.14 bits per heavy atom. The molecule has 0 heterocycles. The average Bonchev–Trinajstić information content (AvgIpc) is 2.37. The van der Waals surface area contributed by atoms with Crippen LogP contribution < -0.4 is 4.72 Å². The molecule has 0 radical (unpaired) electrons. The Labute approximate surface area is 124 Å². The maximum absolute atomic E-state index is 11.9. The molecule has 0 unspecified atom stereocenters. The number of carboxylic acids is 1. The Balaban J connectivity index is 2.76. The van der Waals surface area contributed by atoms with Crippen molar-refractivity contribution in [2.45, 2.75) is 4.90 Å². The molecule has 0 aliphatic carbocycles. The lowest BCUT2D eigenvalue weighted by Gasteiger charge is -2.08. The molecular formula is C10H11ClN2O7S. The highest BCUT2D eigenvalue weighted by molar-refractivity contribution is 7.89. The number of hydrogen-bond donors (Lipinski definition) is 2.